The van der Waals surface area contributed by atoms with Crippen LogP contribution >= 0.6 is 0 Å². The minimum absolute atomic E-state index is 0.00577. The van der Waals surface area contributed by atoms with Crippen molar-refractivity contribution in [2.24, 2.45) is 5.92 Å². The lowest BCUT2D eigenvalue weighted by Gasteiger charge is -2.30. The van der Waals surface area contributed by atoms with Crippen molar-refractivity contribution in [1.29, 1.82) is 0 Å². The second-order valence-electron chi connectivity index (χ2n) is 7.08. The van der Waals surface area contributed by atoms with E-state index in [-0.39, 0.29) is 17.0 Å². The Labute approximate surface area is 163 Å². The molecule has 0 saturated carbocycles. The second-order valence-corrected chi connectivity index (χ2v) is 8.85. The second kappa shape index (κ2) is 8.46. The summed E-state index contributed by atoms with van der Waals surface area (Å²) in [4.78, 5) is 25.6. The van der Waals surface area contributed by atoms with Crippen LogP contribution in [0.1, 0.15) is 19.8 Å². The molecule has 1 aromatic carbocycles. The molecule has 1 saturated heterocycles. The molecule has 10 heteroatoms. The van der Waals surface area contributed by atoms with Crippen molar-refractivity contribution in [2.45, 2.75) is 31.2 Å². The smallest absolute Gasteiger partial charge is 0.420 e. The number of fused-ring (bicyclic) bond motifs is 1. The highest BCUT2D eigenvalue weighted by molar-refractivity contribution is 7.89. The Kier molecular flexibility index (Phi) is 6.21. The number of carbonyl (C=O) groups is 1. The average molecular weight is 411 g/mol. The minimum atomic E-state index is -3.73. The van der Waals surface area contributed by atoms with Gasteiger partial charge in [-0.1, -0.05) is 6.92 Å². The molecule has 1 aliphatic heterocycles. The van der Waals surface area contributed by atoms with Gasteiger partial charge in [0.1, 0.15) is 6.54 Å². The van der Waals surface area contributed by atoms with Gasteiger partial charge in [0.15, 0.2) is 5.58 Å². The van der Waals surface area contributed by atoms with E-state index in [1.807, 2.05) is 0 Å². The maximum Gasteiger partial charge on any atom is 0.420 e. The standard InChI is InChI=1S/C18H25N3O6S/c1-13-5-8-20(9-6-13)10-7-19-28(24,25)14-3-4-15-16(11-14)27-18(23)21(15)12-17(22)26-2/h3-4,11,13,19H,5-10,12H2,1-2H3. The molecule has 0 radical (unpaired) electrons. The highest BCUT2D eigenvalue weighted by Gasteiger charge is 2.20. The summed E-state index contributed by atoms with van der Waals surface area (Å²) in [6.45, 7) is 4.84. The number of rotatable bonds is 7. The Morgan fingerprint density at radius 3 is 2.71 bits per heavy atom. The Bertz CT molecular complexity index is 1000. The van der Waals surface area contributed by atoms with E-state index in [0.29, 0.717) is 18.6 Å². The molecular formula is C18H25N3O6S. The van der Waals surface area contributed by atoms with Crippen molar-refractivity contribution >= 4 is 27.1 Å². The molecule has 0 atom stereocenters. The van der Waals surface area contributed by atoms with E-state index in [1.165, 1.54) is 25.3 Å². The van der Waals surface area contributed by atoms with Gasteiger partial charge in [-0.05, 0) is 44.0 Å². The van der Waals surface area contributed by atoms with Crippen molar-refractivity contribution in [3.05, 3.63) is 28.7 Å². The van der Waals surface area contributed by atoms with Gasteiger partial charge in [0.05, 0.1) is 17.5 Å². The van der Waals surface area contributed by atoms with Gasteiger partial charge in [-0.15, -0.1) is 0 Å². The molecule has 1 N–H and O–H groups in total. The van der Waals surface area contributed by atoms with Crippen LogP contribution in [0.25, 0.3) is 11.1 Å². The predicted octanol–water partition coefficient (Wildman–Crippen LogP) is 0.778. The molecule has 0 bridgehead atoms. The molecule has 1 aromatic heterocycles. The molecule has 28 heavy (non-hydrogen) atoms. The lowest BCUT2D eigenvalue weighted by atomic mass is 9.99. The first-order chi connectivity index (χ1) is 13.3. The number of hydrogen-bond acceptors (Lipinski definition) is 7. The van der Waals surface area contributed by atoms with Crippen LogP contribution in [0.4, 0.5) is 0 Å². The first-order valence-electron chi connectivity index (χ1n) is 9.22. The summed E-state index contributed by atoms with van der Waals surface area (Å²) in [5.74, 6) is -0.627. The lowest BCUT2D eigenvalue weighted by molar-refractivity contribution is -0.141. The maximum atomic E-state index is 12.6. The third kappa shape index (κ3) is 4.62. The van der Waals surface area contributed by atoms with E-state index in [1.54, 1.807) is 0 Å². The summed E-state index contributed by atoms with van der Waals surface area (Å²) < 4.78 is 38.4. The Hall–Kier alpha value is -2.17. The maximum absolute atomic E-state index is 12.6. The lowest BCUT2D eigenvalue weighted by Crippen LogP contribution is -2.39. The monoisotopic (exact) mass is 411 g/mol. The van der Waals surface area contributed by atoms with Gasteiger partial charge < -0.3 is 14.1 Å². The van der Waals surface area contributed by atoms with Gasteiger partial charge >= 0.3 is 11.7 Å². The highest BCUT2D eigenvalue weighted by atomic mass is 32.2. The number of methoxy groups -OCH3 is 1. The van der Waals surface area contributed by atoms with Gasteiger partial charge in [-0.3, -0.25) is 9.36 Å². The summed E-state index contributed by atoms with van der Waals surface area (Å²) in [6.07, 6.45) is 2.26. The van der Waals surface area contributed by atoms with Crippen molar-refractivity contribution in [3.8, 4) is 0 Å². The molecule has 0 spiro atoms. The zero-order valence-electron chi connectivity index (χ0n) is 16.0. The van der Waals surface area contributed by atoms with Crippen LogP contribution in [0.3, 0.4) is 0 Å². The van der Waals surface area contributed by atoms with Crippen LogP contribution in [-0.2, 0) is 26.1 Å². The Morgan fingerprint density at radius 2 is 2.04 bits per heavy atom. The summed E-state index contributed by atoms with van der Waals surface area (Å²) in [7, 11) is -2.52. The Balaban J connectivity index is 1.70. The molecule has 9 nitrogen and oxygen atoms in total. The molecule has 1 fully saturated rings. The zero-order chi connectivity index (χ0) is 20.3. The number of benzene rings is 1. The van der Waals surface area contributed by atoms with Gasteiger partial charge in [-0.25, -0.2) is 17.9 Å². The summed E-state index contributed by atoms with van der Waals surface area (Å²) in [5.41, 5.74) is 0.429. The van der Waals surface area contributed by atoms with Crippen LogP contribution < -0.4 is 10.5 Å². The summed E-state index contributed by atoms with van der Waals surface area (Å²) in [5, 5.41) is 0. The number of likely N-dealkylation sites (tertiary alicyclic amines) is 1. The van der Waals surface area contributed by atoms with E-state index >= 15 is 0 Å². The van der Waals surface area contributed by atoms with Crippen LogP contribution in [0, 0.1) is 5.92 Å². The van der Waals surface area contributed by atoms with E-state index in [4.69, 9.17) is 4.42 Å². The Morgan fingerprint density at radius 1 is 1.32 bits per heavy atom. The van der Waals surface area contributed by atoms with E-state index < -0.39 is 21.7 Å². The first kappa shape index (κ1) is 20.6. The number of sulfonamides is 1. The van der Waals surface area contributed by atoms with Crippen molar-refractivity contribution in [1.82, 2.24) is 14.2 Å². The zero-order valence-corrected chi connectivity index (χ0v) is 16.8. The van der Waals surface area contributed by atoms with Crippen molar-refractivity contribution < 1.29 is 22.4 Å². The van der Waals surface area contributed by atoms with Crippen LogP contribution in [0.15, 0.2) is 32.3 Å². The van der Waals surface area contributed by atoms with Crippen LogP contribution in [-0.4, -0.2) is 57.1 Å². The van der Waals surface area contributed by atoms with E-state index in [2.05, 4.69) is 21.3 Å². The van der Waals surface area contributed by atoms with Gasteiger partial charge in [-0.2, -0.15) is 0 Å². The molecule has 0 amide bonds. The number of nitrogens with zero attached hydrogens (tertiary/aromatic N) is 2. The number of esters is 1. The number of carbonyl (C=O) groups excluding carboxylic acids is 1. The fourth-order valence-corrected chi connectivity index (χ4v) is 4.30. The summed E-state index contributed by atoms with van der Waals surface area (Å²) >= 11 is 0. The SMILES string of the molecule is COC(=O)Cn1c(=O)oc2cc(S(=O)(=O)NCCN3CCC(C)CC3)ccc21. The number of hydrogen-bond donors (Lipinski definition) is 1. The number of oxazole rings is 1. The fraction of sp³-hybridized carbons (Fsp3) is 0.556. The summed E-state index contributed by atoms with van der Waals surface area (Å²) in [6, 6.07) is 4.12. The van der Waals surface area contributed by atoms with Gasteiger partial charge in [0, 0.05) is 19.2 Å². The van der Waals surface area contributed by atoms with Crippen LogP contribution in [0.5, 0.6) is 0 Å². The topological polar surface area (TPSA) is 111 Å². The molecule has 154 valence electrons. The minimum Gasteiger partial charge on any atom is -0.468 e. The molecule has 2 aromatic rings. The third-order valence-electron chi connectivity index (χ3n) is 5.06. The highest BCUT2D eigenvalue weighted by Crippen LogP contribution is 2.19. The third-order valence-corrected chi connectivity index (χ3v) is 6.52. The van der Waals surface area contributed by atoms with Crippen molar-refractivity contribution in [3.63, 3.8) is 0 Å². The van der Waals surface area contributed by atoms with Gasteiger partial charge in [0.2, 0.25) is 10.0 Å². The molecule has 0 aliphatic carbocycles. The van der Waals surface area contributed by atoms with E-state index in [0.717, 1.165) is 36.4 Å². The molecule has 2 heterocycles. The molecular weight excluding hydrogens is 386 g/mol. The van der Waals surface area contributed by atoms with E-state index in [9.17, 15) is 18.0 Å². The molecule has 0 unspecified atom stereocenters. The largest absolute Gasteiger partial charge is 0.468 e. The quantitative estimate of drug-likeness (QED) is 0.670. The fourth-order valence-electron chi connectivity index (χ4n) is 3.26. The molecule has 3 rings (SSSR count). The van der Waals surface area contributed by atoms with Gasteiger partial charge in [0.25, 0.3) is 0 Å². The van der Waals surface area contributed by atoms with Crippen LogP contribution in [0.2, 0.25) is 0 Å². The number of nitrogens with one attached hydrogen (secondary N) is 1. The van der Waals surface area contributed by atoms with Crippen molar-refractivity contribution in [2.75, 3.05) is 33.3 Å². The average Bonchev–Trinajstić information content (AvgIpc) is 2.97. The first-order valence-corrected chi connectivity index (χ1v) is 10.7. The number of ether oxygens (including phenoxy) is 1. The normalized spacial score (nSPS) is 16.5. The number of piperidine rings is 1. The number of aromatic nitrogens is 1. The predicted molar refractivity (Wildman–Crippen MR) is 103 cm³/mol. The molecule has 1 aliphatic rings.